The van der Waals surface area contributed by atoms with Crippen LogP contribution >= 0.6 is 23.2 Å². The molecule has 1 unspecified atom stereocenters. The van der Waals surface area contributed by atoms with E-state index in [1.165, 1.54) is 16.6 Å². The summed E-state index contributed by atoms with van der Waals surface area (Å²) < 4.78 is 32.4. The molecule has 0 spiro atoms. The Labute approximate surface area is 128 Å². The summed E-state index contributed by atoms with van der Waals surface area (Å²) in [5, 5.41) is 0.201. The number of halogens is 2. The van der Waals surface area contributed by atoms with Crippen molar-refractivity contribution in [1.29, 1.82) is 0 Å². The average Bonchev–Trinajstić information content (AvgIpc) is 2.35. The van der Waals surface area contributed by atoms with Gasteiger partial charge in [0.15, 0.2) is 0 Å². The van der Waals surface area contributed by atoms with E-state index in [2.05, 4.69) is 4.98 Å². The summed E-state index contributed by atoms with van der Waals surface area (Å²) in [5.41, 5.74) is -0.628. The van der Waals surface area contributed by atoms with E-state index in [-0.39, 0.29) is 27.7 Å². The van der Waals surface area contributed by atoms with Gasteiger partial charge < -0.3 is 4.74 Å². The lowest BCUT2D eigenvalue weighted by Gasteiger charge is -2.43. The molecule has 0 aromatic carbocycles. The van der Waals surface area contributed by atoms with Crippen LogP contribution in [-0.4, -0.2) is 42.5 Å². The number of ether oxygens (including phenoxy) is 1. The third-order valence-corrected chi connectivity index (χ3v) is 5.91. The van der Waals surface area contributed by atoms with Crippen LogP contribution in [0.4, 0.5) is 0 Å². The zero-order chi connectivity index (χ0) is 15.1. The second-order valence-corrected chi connectivity index (χ2v) is 8.04. The Morgan fingerprint density at radius 1 is 1.45 bits per heavy atom. The van der Waals surface area contributed by atoms with Gasteiger partial charge in [-0.05, 0) is 26.8 Å². The fourth-order valence-corrected chi connectivity index (χ4v) is 4.20. The molecule has 1 fully saturated rings. The Morgan fingerprint density at radius 3 is 2.70 bits per heavy atom. The molecule has 8 heteroatoms. The average molecular weight is 339 g/mol. The van der Waals surface area contributed by atoms with Crippen LogP contribution in [0.1, 0.15) is 20.8 Å². The van der Waals surface area contributed by atoms with Crippen molar-refractivity contribution < 1.29 is 13.2 Å². The maximum atomic E-state index is 12.7. The second kappa shape index (κ2) is 5.42. The number of sulfonamides is 1. The van der Waals surface area contributed by atoms with Gasteiger partial charge in [-0.1, -0.05) is 23.2 Å². The van der Waals surface area contributed by atoms with Gasteiger partial charge in [0.05, 0.1) is 23.3 Å². The summed E-state index contributed by atoms with van der Waals surface area (Å²) in [6, 6.07) is 1.32. The number of hydrogen-bond donors (Lipinski definition) is 0. The Kier molecular flexibility index (Phi) is 4.33. The fourth-order valence-electron chi connectivity index (χ4n) is 2.05. The largest absolute Gasteiger partial charge is 0.375 e. The molecule has 2 heterocycles. The Hall–Kier alpha value is -0.400. The molecule has 112 valence electrons. The van der Waals surface area contributed by atoms with E-state index < -0.39 is 15.6 Å². The van der Waals surface area contributed by atoms with Crippen LogP contribution in [0.15, 0.2) is 17.2 Å². The second-order valence-electron chi connectivity index (χ2n) is 5.41. The first-order valence-electron chi connectivity index (χ1n) is 6.10. The van der Waals surface area contributed by atoms with Gasteiger partial charge in [-0.2, -0.15) is 4.31 Å². The van der Waals surface area contributed by atoms with Gasteiger partial charge in [0, 0.05) is 12.7 Å². The zero-order valence-electron chi connectivity index (χ0n) is 11.4. The van der Waals surface area contributed by atoms with Crippen LogP contribution in [0.5, 0.6) is 0 Å². The number of nitrogens with zero attached hydrogens (tertiary/aromatic N) is 2. The third-order valence-electron chi connectivity index (χ3n) is 3.18. The molecule has 1 aliphatic rings. The quantitative estimate of drug-likeness (QED) is 0.777. The predicted molar refractivity (Wildman–Crippen MR) is 77.6 cm³/mol. The highest BCUT2D eigenvalue weighted by molar-refractivity contribution is 7.89. The van der Waals surface area contributed by atoms with Crippen LogP contribution in [0.3, 0.4) is 0 Å². The van der Waals surface area contributed by atoms with E-state index in [0.717, 1.165) is 0 Å². The third kappa shape index (κ3) is 2.94. The number of aromatic nitrogens is 1. The molecule has 5 nitrogen and oxygen atoms in total. The molecule has 0 radical (unpaired) electrons. The van der Waals surface area contributed by atoms with Crippen LogP contribution in [-0.2, 0) is 14.8 Å². The first-order chi connectivity index (χ1) is 9.14. The Morgan fingerprint density at radius 2 is 2.10 bits per heavy atom. The minimum absolute atomic E-state index is 0.0362. The normalized spacial score (nSPS) is 23.8. The molecule has 1 aliphatic heterocycles. The molecule has 1 aromatic rings. The molecular weight excluding hydrogens is 323 g/mol. The summed E-state index contributed by atoms with van der Waals surface area (Å²) in [5.74, 6) is 0. The van der Waals surface area contributed by atoms with Crippen molar-refractivity contribution in [1.82, 2.24) is 9.29 Å². The van der Waals surface area contributed by atoms with Gasteiger partial charge >= 0.3 is 0 Å². The summed E-state index contributed by atoms with van der Waals surface area (Å²) in [7, 11) is -3.69. The van der Waals surface area contributed by atoms with Crippen LogP contribution < -0.4 is 0 Å². The molecule has 0 bridgehead atoms. The summed E-state index contributed by atoms with van der Waals surface area (Å²) in [6.07, 6.45) is 1.06. The molecule has 1 aromatic heterocycles. The van der Waals surface area contributed by atoms with E-state index >= 15 is 0 Å². The molecule has 0 aliphatic carbocycles. The number of pyridine rings is 1. The first-order valence-corrected chi connectivity index (χ1v) is 8.30. The van der Waals surface area contributed by atoms with Gasteiger partial charge in [-0.15, -0.1) is 0 Å². The van der Waals surface area contributed by atoms with E-state index in [4.69, 9.17) is 27.9 Å². The lowest BCUT2D eigenvalue weighted by molar-refractivity contribution is -0.0551. The van der Waals surface area contributed by atoms with Crippen molar-refractivity contribution in [3.05, 3.63) is 22.4 Å². The maximum absolute atomic E-state index is 12.7. The molecule has 1 atom stereocenters. The van der Waals surface area contributed by atoms with Gasteiger partial charge in [0.25, 0.3) is 0 Å². The SMILES string of the molecule is CC1CN(S(=O)(=O)c2cnc(Cl)c(Cl)c2)C(C)(C)CO1. The number of morpholine rings is 1. The van der Waals surface area contributed by atoms with Gasteiger partial charge in [0.1, 0.15) is 10.0 Å². The number of hydrogen-bond acceptors (Lipinski definition) is 4. The van der Waals surface area contributed by atoms with Crippen LogP contribution in [0.2, 0.25) is 10.2 Å². The highest BCUT2D eigenvalue weighted by Crippen LogP contribution is 2.31. The van der Waals surface area contributed by atoms with Crippen molar-refractivity contribution in [3.63, 3.8) is 0 Å². The van der Waals surface area contributed by atoms with Gasteiger partial charge in [0.2, 0.25) is 10.0 Å². The van der Waals surface area contributed by atoms with Crippen molar-refractivity contribution in [2.45, 2.75) is 37.3 Å². The highest BCUT2D eigenvalue weighted by Gasteiger charge is 2.42. The van der Waals surface area contributed by atoms with Crippen molar-refractivity contribution in [2.75, 3.05) is 13.2 Å². The monoisotopic (exact) mass is 338 g/mol. The molecule has 0 amide bonds. The highest BCUT2D eigenvalue weighted by atomic mass is 35.5. The summed E-state index contributed by atoms with van der Waals surface area (Å²) >= 11 is 11.6. The zero-order valence-corrected chi connectivity index (χ0v) is 13.8. The topological polar surface area (TPSA) is 59.5 Å². The standard InChI is InChI=1S/C12H16Cl2N2O3S/c1-8-6-16(12(2,3)7-19-8)20(17,18)9-4-10(13)11(14)15-5-9/h4-5,8H,6-7H2,1-3H3. The van der Waals surface area contributed by atoms with E-state index in [0.29, 0.717) is 6.61 Å². The minimum Gasteiger partial charge on any atom is -0.375 e. The molecule has 20 heavy (non-hydrogen) atoms. The summed E-state index contributed by atoms with van der Waals surface area (Å²) in [4.78, 5) is 3.84. The number of rotatable bonds is 2. The molecule has 2 rings (SSSR count). The minimum atomic E-state index is -3.69. The van der Waals surface area contributed by atoms with E-state index in [1.807, 2.05) is 20.8 Å². The fraction of sp³-hybridized carbons (Fsp3) is 0.583. The molecule has 0 N–H and O–H groups in total. The lowest BCUT2D eigenvalue weighted by Crippen LogP contribution is -2.57. The maximum Gasteiger partial charge on any atom is 0.245 e. The Balaban J connectivity index is 2.45. The predicted octanol–water partition coefficient (Wildman–Crippen LogP) is 2.58. The van der Waals surface area contributed by atoms with Crippen LogP contribution in [0.25, 0.3) is 0 Å². The van der Waals surface area contributed by atoms with Crippen molar-refractivity contribution in [3.8, 4) is 0 Å². The molecule has 0 saturated carbocycles. The van der Waals surface area contributed by atoms with E-state index in [9.17, 15) is 8.42 Å². The molecular formula is C12H16Cl2N2O3S. The van der Waals surface area contributed by atoms with Gasteiger partial charge in [-0.25, -0.2) is 13.4 Å². The van der Waals surface area contributed by atoms with Crippen molar-refractivity contribution >= 4 is 33.2 Å². The Bertz CT molecular complexity index is 619. The molecule has 1 saturated heterocycles. The lowest BCUT2D eigenvalue weighted by atomic mass is 10.1. The van der Waals surface area contributed by atoms with Gasteiger partial charge in [-0.3, -0.25) is 0 Å². The van der Waals surface area contributed by atoms with Crippen molar-refractivity contribution in [2.24, 2.45) is 0 Å². The first kappa shape index (κ1) is 16.0. The van der Waals surface area contributed by atoms with Crippen LogP contribution in [0, 0.1) is 0 Å². The van der Waals surface area contributed by atoms with E-state index in [1.54, 1.807) is 0 Å². The summed E-state index contributed by atoms with van der Waals surface area (Å²) in [6.45, 7) is 6.10. The smallest absolute Gasteiger partial charge is 0.245 e.